The molecule has 116 valence electrons. The summed E-state index contributed by atoms with van der Waals surface area (Å²) in [4.78, 5) is 17.9. The Hall–Kier alpha value is -1.28. The number of carbonyl (C=O) groups is 1. The molecule has 0 aliphatic rings. The Bertz CT molecular complexity index is 839. The Morgan fingerprint density at radius 3 is 2.57 bits per heavy atom. The fourth-order valence-electron chi connectivity index (χ4n) is 1.90. The molecule has 0 spiro atoms. The highest BCUT2D eigenvalue weighted by molar-refractivity contribution is 9.11. The maximum Gasteiger partial charge on any atom is 0.258 e. The van der Waals surface area contributed by atoms with Crippen LogP contribution in [0.4, 0.5) is 5.13 Å². The standard InChI is InChI=1S/C16H10Br2N2OS2/c17-11-5-3-10(4-6-11)13(8-12-2-1-7-22-12)15(21)20-16-19-9-14(18)23-16/h1-9H,(H,19,20,21)/b13-8+. The quantitative estimate of drug-likeness (QED) is 0.482. The van der Waals surface area contributed by atoms with E-state index in [1.807, 2.05) is 47.9 Å². The Labute approximate surface area is 158 Å². The number of rotatable bonds is 4. The van der Waals surface area contributed by atoms with Crippen molar-refractivity contribution in [2.24, 2.45) is 0 Å². The van der Waals surface area contributed by atoms with Gasteiger partial charge in [-0.05, 0) is 51.1 Å². The van der Waals surface area contributed by atoms with Crippen LogP contribution in [0, 0.1) is 0 Å². The predicted molar refractivity (Wildman–Crippen MR) is 105 cm³/mol. The fraction of sp³-hybridized carbons (Fsp3) is 0. The van der Waals surface area contributed by atoms with E-state index in [1.165, 1.54) is 11.3 Å². The van der Waals surface area contributed by atoms with E-state index in [4.69, 9.17) is 0 Å². The van der Waals surface area contributed by atoms with Gasteiger partial charge in [0.05, 0.1) is 9.98 Å². The van der Waals surface area contributed by atoms with E-state index in [-0.39, 0.29) is 5.91 Å². The zero-order valence-electron chi connectivity index (χ0n) is 11.6. The lowest BCUT2D eigenvalue weighted by molar-refractivity contribution is -0.111. The minimum Gasteiger partial charge on any atom is -0.298 e. The molecule has 0 bridgehead atoms. The van der Waals surface area contributed by atoms with Crippen LogP contribution in [0.2, 0.25) is 0 Å². The molecule has 2 aromatic heterocycles. The van der Waals surface area contributed by atoms with E-state index in [9.17, 15) is 4.79 Å². The molecule has 0 aliphatic heterocycles. The summed E-state index contributed by atoms with van der Waals surface area (Å²) in [5.41, 5.74) is 1.46. The summed E-state index contributed by atoms with van der Waals surface area (Å²) >= 11 is 9.74. The zero-order chi connectivity index (χ0) is 16.2. The van der Waals surface area contributed by atoms with Gasteiger partial charge in [-0.25, -0.2) is 4.98 Å². The second-order valence-corrected chi connectivity index (χ2v) is 8.81. The van der Waals surface area contributed by atoms with Gasteiger partial charge in [-0.2, -0.15) is 0 Å². The van der Waals surface area contributed by atoms with Crippen molar-refractivity contribution in [2.45, 2.75) is 0 Å². The Kier molecular flexibility index (Phi) is 5.42. The predicted octanol–water partition coefficient (Wildman–Crippen LogP) is 5.91. The van der Waals surface area contributed by atoms with Crippen LogP contribution in [0.15, 0.2) is 56.2 Å². The average Bonchev–Trinajstić information content (AvgIpc) is 3.17. The minimum atomic E-state index is -0.178. The summed E-state index contributed by atoms with van der Waals surface area (Å²) in [5.74, 6) is -0.178. The second-order valence-electron chi connectivity index (χ2n) is 4.50. The van der Waals surface area contributed by atoms with E-state index in [0.29, 0.717) is 10.7 Å². The van der Waals surface area contributed by atoms with Crippen LogP contribution in [0.1, 0.15) is 10.4 Å². The van der Waals surface area contributed by atoms with Gasteiger partial charge in [0.15, 0.2) is 5.13 Å². The average molecular weight is 470 g/mol. The van der Waals surface area contributed by atoms with E-state index >= 15 is 0 Å². The molecule has 0 unspecified atom stereocenters. The molecule has 0 fully saturated rings. The molecule has 1 amide bonds. The molecule has 1 aromatic carbocycles. The van der Waals surface area contributed by atoms with Crippen molar-refractivity contribution in [1.29, 1.82) is 0 Å². The number of anilines is 1. The monoisotopic (exact) mass is 468 g/mol. The number of thiophene rings is 1. The van der Waals surface area contributed by atoms with Crippen molar-refractivity contribution in [1.82, 2.24) is 4.98 Å². The summed E-state index contributed by atoms with van der Waals surface area (Å²) in [6.45, 7) is 0. The van der Waals surface area contributed by atoms with Crippen LogP contribution in [0.5, 0.6) is 0 Å². The van der Waals surface area contributed by atoms with Gasteiger partial charge in [0.1, 0.15) is 0 Å². The third kappa shape index (κ3) is 4.38. The number of nitrogens with zero attached hydrogens (tertiary/aromatic N) is 1. The fourth-order valence-corrected chi connectivity index (χ4v) is 3.92. The first-order valence-corrected chi connectivity index (χ1v) is 9.84. The number of nitrogens with one attached hydrogen (secondary N) is 1. The summed E-state index contributed by atoms with van der Waals surface area (Å²) in [6.07, 6.45) is 3.56. The number of carbonyl (C=O) groups excluding carboxylic acids is 1. The van der Waals surface area contributed by atoms with Crippen LogP contribution in [-0.2, 0) is 4.79 Å². The molecule has 3 aromatic rings. The van der Waals surface area contributed by atoms with Gasteiger partial charge >= 0.3 is 0 Å². The van der Waals surface area contributed by atoms with Crippen molar-refractivity contribution in [3.63, 3.8) is 0 Å². The van der Waals surface area contributed by atoms with Gasteiger partial charge in [-0.15, -0.1) is 11.3 Å². The maximum absolute atomic E-state index is 12.7. The maximum atomic E-state index is 12.7. The Balaban J connectivity index is 1.94. The molecule has 1 N–H and O–H groups in total. The molecule has 0 radical (unpaired) electrons. The Morgan fingerprint density at radius 1 is 1.17 bits per heavy atom. The zero-order valence-corrected chi connectivity index (χ0v) is 16.4. The van der Waals surface area contributed by atoms with Gasteiger partial charge in [0.25, 0.3) is 5.91 Å². The van der Waals surface area contributed by atoms with Gasteiger partial charge in [-0.1, -0.05) is 45.5 Å². The van der Waals surface area contributed by atoms with E-state index in [0.717, 1.165) is 18.7 Å². The molecule has 0 aliphatic carbocycles. The molecule has 0 saturated heterocycles. The lowest BCUT2D eigenvalue weighted by Crippen LogP contribution is -2.13. The van der Waals surface area contributed by atoms with Crippen molar-refractivity contribution >= 4 is 77.2 Å². The van der Waals surface area contributed by atoms with Crippen LogP contribution in [0.25, 0.3) is 11.6 Å². The summed E-state index contributed by atoms with van der Waals surface area (Å²) in [6, 6.07) is 11.6. The normalized spacial score (nSPS) is 11.5. The summed E-state index contributed by atoms with van der Waals surface area (Å²) in [7, 11) is 0. The summed E-state index contributed by atoms with van der Waals surface area (Å²) < 4.78 is 1.85. The number of hydrogen-bond donors (Lipinski definition) is 1. The number of hydrogen-bond acceptors (Lipinski definition) is 4. The van der Waals surface area contributed by atoms with Gasteiger partial charge < -0.3 is 0 Å². The van der Waals surface area contributed by atoms with Gasteiger partial charge in [-0.3, -0.25) is 10.1 Å². The van der Waals surface area contributed by atoms with Crippen molar-refractivity contribution in [2.75, 3.05) is 5.32 Å². The first-order valence-electron chi connectivity index (χ1n) is 6.55. The number of aromatic nitrogens is 1. The molecule has 3 nitrogen and oxygen atoms in total. The first-order chi connectivity index (χ1) is 11.1. The molecule has 7 heteroatoms. The third-order valence-electron chi connectivity index (χ3n) is 2.93. The first kappa shape index (κ1) is 16.6. The number of thiazole rings is 1. The second kappa shape index (κ2) is 7.53. The van der Waals surface area contributed by atoms with Crippen molar-refractivity contribution in [3.05, 3.63) is 66.7 Å². The third-order valence-corrected chi connectivity index (χ3v) is 5.67. The summed E-state index contributed by atoms with van der Waals surface area (Å²) in [5, 5.41) is 5.40. The lowest BCUT2D eigenvalue weighted by atomic mass is 10.0. The molecular weight excluding hydrogens is 460 g/mol. The lowest BCUT2D eigenvalue weighted by Gasteiger charge is -2.07. The molecule has 3 rings (SSSR count). The highest BCUT2D eigenvalue weighted by atomic mass is 79.9. The van der Waals surface area contributed by atoms with E-state index in [1.54, 1.807) is 17.5 Å². The van der Waals surface area contributed by atoms with Crippen LogP contribution in [0.3, 0.4) is 0 Å². The van der Waals surface area contributed by atoms with Gasteiger partial charge in [0, 0.05) is 14.9 Å². The van der Waals surface area contributed by atoms with Crippen LogP contribution in [-0.4, -0.2) is 10.9 Å². The Morgan fingerprint density at radius 2 is 1.96 bits per heavy atom. The highest BCUT2D eigenvalue weighted by Crippen LogP contribution is 2.27. The highest BCUT2D eigenvalue weighted by Gasteiger charge is 2.14. The minimum absolute atomic E-state index is 0.178. The van der Waals surface area contributed by atoms with Crippen molar-refractivity contribution < 1.29 is 4.79 Å². The SMILES string of the molecule is O=C(Nc1ncc(Br)s1)/C(=C/c1cccs1)c1ccc(Br)cc1. The molecule has 0 saturated carbocycles. The molecule has 0 atom stereocenters. The van der Waals surface area contributed by atoms with Crippen molar-refractivity contribution in [3.8, 4) is 0 Å². The smallest absolute Gasteiger partial charge is 0.258 e. The van der Waals surface area contributed by atoms with E-state index < -0.39 is 0 Å². The largest absolute Gasteiger partial charge is 0.298 e. The van der Waals surface area contributed by atoms with Crippen LogP contribution >= 0.6 is 54.5 Å². The molecule has 23 heavy (non-hydrogen) atoms. The number of benzene rings is 1. The number of amides is 1. The molecular formula is C16H10Br2N2OS2. The van der Waals surface area contributed by atoms with Gasteiger partial charge in [0.2, 0.25) is 0 Å². The topological polar surface area (TPSA) is 42.0 Å². The number of halogens is 2. The van der Waals surface area contributed by atoms with Crippen LogP contribution < -0.4 is 5.32 Å². The van der Waals surface area contributed by atoms with E-state index in [2.05, 4.69) is 42.2 Å². The molecule has 2 heterocycles.